The number of para-hydroxylation sites is 1. The standard InChI is InChI=1S/C34H35ClFN3O6/c1-19-24(33(40)41)16-27-30(31(19)42-3)37-29(39(27)17-22-11-14-43-22)18-38-12-9-20(10-13-38)23-5-4-6-28-32(23)45-34(2,44-28)25-8-7-21(35)15-26(25)36/h4-8,15-16,20,22H,9-14,17-18H2,1-3H3,(H,40,41). The maximum absolute atomic E-state index is 14.9. The monoisotopic (exact) mass is 635 g/mol. The summed E-state index contributed by atoms with van der Waals surface area (Å²) in [6.45, 7) is 7.09. The van der Waals surface area contributed by atoms with E-state index in [4.69, 9.17) is 35.5 Å². The molecule has 1 aromatic heterocycles. The van der Waals surface area contributed by atoms with Crippen LogP contribution >= 0.6 is 11.6 Å². The SMILES string of the molecule is COc1c(C)c(C(=O)O)cc2c1nc(CN1CCC(c3cccc4c3OC(C)(c3ccc(Cl)cc3F)O4)CC1)n2CC1CCO1. The Morgan fingerprint density at radius 1 is 1.18 bits per heavy atom. The number of benzene rings is 3. The van der Waals surface area contributed by atoms with Gasteiger partial charge < -0.3 is 28.6 Å². The van der Waals surface area contributed by atoms with Crippen molar-refractivity contribution in [1.29, 1.82) is 0 Å². The van der Waals surface area contributed by atoms with Crippen molar-refractivity contribution in [1.82, 2.24) is 14.5 Å². The Bertz CT molecular complexity index is 1800. The molecule has 3 aromatic carbocycles. The lowest BCUT2D eigenvalue weighted by atomic mass is 9.88. The Balaban J connectivity index is 1.11. The molecular weight excluding hydrogens is 601 g/mol. The molecule has 3 aliphatic heterocycles. The summed E-state index contributed by atoms with van der Waals surface area (Å²) >= 11 is 5.98. The number of rotatable bonds is 8. The molecule has 9 nitrogen and oxygen atoms in total. The first-order chi connectivity index (χ1) is 21.6. The topological polar surface area (TPSA) is 95.3 Å². The second-order valence-corrected chi connectivity index (χ2v) is 12.6. The van der Waals surface area contributed by atoms with E-state index in [1.807, 2.05) is 12.1 Å². The Hall–Kier alpha value is -3.86. The maximum Gasteiger partial charge on any atom is 0.336 e. The number of fused-ring (bicyclic) bond motifs is 2. The zero-order valence-corrected chi connectivity index (χ0v) is 26.2. The van der Waals surface area contributed by atoms with Crippen LogP contribution in [-0.4, -0.2) is 58.4 Å². The number of aromatic nitrogens is 2. The predicted molar refractivity (Wildman–Crippen MR) is 166 cm³/mol. The van der Waals surface area contributed by atoms with Gasteiger partial charge >= 0.3 is 5.97 Å². The Morgan fingerprint density at radius 3 is 2.62 bits per heavy atom. The highest BCUT2D eigenvalue weighted by molar-refractivity contribution is 6.30. The van der Waals surface area contributed by atoms with E-state index in [9.17, 15) is 14.3 Å². The molecule has 45 heavy (non-hydrogen) atoms. The van der Waals surface area contributed by atoms with Crippen molar-refractivity contribution < 1.29 is 33.2 Å². The number of imidazole rings is 1. The van der Waals surface area contributed by atoms with E-state index in [2.05, 4.69) is 15.5 Å². The summed E-state index contributed by atoms with van der Waals surface area (Å²) in [4.78, 5) is 19.4. The highest BCUT2D eigenvalue weighted by atomic mass is 35.5. The van der Waals surface area contributed by atoms with Gasteiger partial charge in [-0.3, -0.25) is 4.90 Å². The summed E-state index contributed by atoms with van der Waals surface area (Å²) in [5.41, 5.74) is 3.53. The van der Waals surface area contributed by atoms with Gasteiger partial charge in [0.1, 0.15) is 22.9 Å². The summed E-state index contributed by atoms with van der Waals surface area (Å²) in [5, 5.41) is 10.2. The number of carboxylic acid groups (broad SMARTS) is 1. The number of halogens is 2. The van der Waals surface area contributed by atoms with Gasteiger partial charge in [0.15, 0.2) is 11.5 Å². The Kier molecular flexibility index (Phi) is 7.62. The summed E-state index contributed by atoms with van der Waals surface area (Å²) in [6.07, 6.45) is 2.81. The largest absolute Gasteiger partial charge is 0.494 e. The molecular formula is C34H35ClFN3O6. The van der Waals surface area contributed by atoms with Gasteiger partial charge in [-0.05, 0) is 75.5 Å². The van der Waals surface area contributed by atoms with Gasteiger partial charge in [-0.2, -0.15) is 0 Å². The fraction of sp³-hybridized carbons (Fsp3) is 0.412. The third-order valence-corrected chi connectivity index (χ3v) is 9.60. The van der Waals surface area contributed by atoms with Crippen LogP contribution in [0.3, 0.4) is 0 Å². The number of hydrogen-bond donors (Lipinski definition) is 1. The number of likely N-dealkylation sites (tertiary alicyclic amines) is 1. The Labute approximate surface area is 265 Å². The van der Waals surface area contributed by atoms with Crippen molar-refractivity contribution >= 4 is 28.6 Å². The minimum Gasteiger partial charge on any atom is -0.494 e. The predicted octanol–water partition coefficient (Wildman–Crippen LogP) is 6.66. The van der Waals surface area contributed by atoms with Crippen LogP contribution in [0.15, 0.2) is 42.5 Å². The summed E-state index contributed by atoms with van der Waals surface area (Å²) in [5.74, 6) is 0.0763. The van der Waals surface area contributed by atoms with Gasteiger partial charge in [-0.1, -0.05) is 23.7 Å². The molecule has 2 unspecified atom stereocenters. The smallest absolute Gasteiger partial charge is 0.336 e. The fourth-order valence-corrected chi connectivity index (χ4v) is 7.00. The van der Waals surface area contributed by atoms with E-state index >= 15 is 0 Å². The first-order valence-electron chi connectivity index (χ1n) is 15.3. The van der Waals surface area contributed by atoms with Crippen LogP contribution in [0.1, 0.15) is 65.0 Å². The molecule has 11 heteroatoms. The molecule has 0 spiro atoms. The minimum atomic E-state index is -1.29. The normalized spacial score (nSPS) is 21.7. The molecule has 4 aromatic rings. The van der Waals surface area contributed by atoms with Gasteiger partial charge in [0.25, 0.3) is 5.79 Å². The van der Waals surface area contributed by atoms with Crippen LogP contribution in [0.4, 0.5) is 4.39 Å². The van der Waals surface area contributed by atoms with Crippen LogP contribution < -0.4 is 14.2 Å². The fourth-order valence-electron chi connectivity index (χ4n) is 6.84. The van der Waals surface area contributed by atoms with E-state index in [0.717, 1.165) is 55.9 Å². The molecule has 7 rings (SSSR count). The maximum atomic E-state index is 14.9. The van der Waals surface area contributed by atoms with Crippen molar-refractivity contribution in [2.45, 2.75) is 64.0 Å². The van der Waals surface area contributed by atoms with Gasteiger partial charge in [-0.25, -0.2) is 14.2 Å². The van der Waals surface area contributed by atoms with Crippen molar-refractivity contribution in [3.63, 3.8) is 0 Å². The summed E-state index contributed by atoms with van der Waals surface area (Å²) in [6, 6.07) is 12.1. The zero-order valence-electron chi connectivity index (χ0n) is 25.4. The van der Waals surface area contributed by atoms with Crippen LogP contribution in [-0.2, 0) is 23.6 Å². The average Bonchev–Trinajstić information content (AvgIpc) is 3.51. The van der Waals surface area contributed by atoms with Crippen molar-refractivity contribution in [2.24, 2.45) is 0 Å². The highest BCUT2D eigenvalue weighted by Crippen LogP contribution is 2.50. The lowest BCUT2D eigenvalue weighted by molar-refractivity contribution is -0.0712. The lowest BCUT2D eigenvalue weighted by Crippen LogP contribution is -2.35. The van der Waals surface area contributed by atoms with Crippen LogP contribution in [0.25, 0.3) is 11.0 Å². The molecule has 0 amide bonds. The number of aromatic carboxylic acids is 1. The third-order valence-electron chi connectivity index (χ3n) is 9.36. The van der Waals surface area contributed by atoms with Gasteiger partial charge in [0.05, 0.1) is 42.9 Å². The third kappa shape index (κ3) is 5.28. The van der Waals surface area contributed by atoms with E-state index in [1.54, 1.807) is 39.2 Å². The molecule has 1 N–H and O–H groups in total. The number of carboxylic acids is 1. The van der Waals surface area contributed by atoms with Crippen molar-refractivity contribution in [3.8, 4) is 17.2 Å². The summed E-state index contributed by atoms with van der Waals surface area (Å²) < 4.78 is 40.9. The number of methoxy groups -OCH3 is 1. The summed E-state index contributed by atoms with van der Waals surface area (Å²) in [7, 11) is 1.55. The molecule has 0 radical (unpaired) electrons. The first-order valence-corrected chi connectivity index (χ1v) is 15.6. The second kappa shape index (κ2) is 11.5. The molecule has 0 bridgehead atoms. The first kappa shape index (κ1) is 29.8. The van der Waals surface area contributed by atoms with E-state index in [0.29, 0.717) is 52.0 Å². The molecule has 2 atom stereocenters. The molecule has 2 fully saturated rings. The number of ether oxygens (including phenoxy) is 4. The average molecular weight is 636 g/mol. The quantitative estimate of drug-likeness (QED) is 0.230. The van der Waals surface area contributed by atoms with Crippen LogP contribution in [0.2, 0.25) is 5.02 Å². The van der Waals surface area contributed by atoms with E-state index < -0.39 is 17.6 Å². The van der Waals surface area contributed by atoms with Crippen LogP contribution in [0, 0.1) is 12.7 Å². The molecule has 4 heterocycles. The van der Waals surface area contributed by atoms with E-state index in [1.165, 1.54) is 6.07 Å². The van der Waals surface area contributed by atoms with Crippen molar-refractivity contribution in [3.05, 3.63) is 81.4 Å². The van der Waals surface area contributed by atoms with Gasteiger partial charge in [-0.15, -0.1) is 0 Å². The van der Waals surface area contributed by atoms with E-state index in [-0.39, 0.29) is 17.6 Å². The number of carbonyl (C=O) groups is 1. The van der Waals surface area contributed by atoms with Gasteiger partial charge in [0, 0.05) is 29.7 Å². The number of nitrogens with zero attached hydrogens (tertiary/aromatic N) is 3. The molecule has 0 saturated carbocycles. The lowest BCUT2D eigenvalue weighted by Gasteiger charge is -2.33. The zero-order chi connectivity index (χ0) is 31.5. The minimum absolute atomic E-state index is 0.0712. The molecule has 3 aliphatic rings. The van der Waals surface area contributed by atoms with Gasteiger partial charge in [0.2, 0.25) is 0 Å². The second-order valence-electron chi connectivity index (χ2n) is 12.2. The number of piperidine rings is 1. The van der Waals surface area contributed by atoms with Crippen LogP contribution in [0.5, 0.6) is 17.2 Å². The highest BCUT2D eigenvalue weighted by Gasteiger charge is 2.43. The van der Waals surface area contributed by atoms with Crippen molar-refractivity contribution in [2.75, 3.05) is 26.8 Å². The molecule has 236 valence electrons. The Morgan fingerprint density at radius 2 is 1.96 bits per heavy atom. The molecule has 0 aliphatic carbocycles. The molecule has 2 saturated heterocycles. The number of hydrogen-bond acceptors (Lipinski definition) is 7.